The van der Waals surface area contributed by atoms with Crippen molar-refractivity contribution in [3.8, 4) is 11.5 Å². The minimum Gasteiger partial charge on any atom is -0.454 e. The van der Waals surface area contributed by atoms with Crippen molar-refractivity contribution in [2.24, 2.45) is 0 Å². The van der Waals surface area contributed by atoms with Gasteiger partial charge < -0.3 is 9.47 Å². The zero-order valence-corrected chi connectivity index (χ0v) is 7.58. The van der Waals surface area contributed by atoms with Gasteiger partial charge in [0.05, 0.1) is 0 Å². The summed E-state index contributed by atoms with van der Waals surface area (Å²) in [6.45, 7) is 4.18. The first kappa shape index (κ1) is 8.42. The summed E-state index contributed by atoms with van der Waals surface area (Å²) in [5, 5.41) is 0. The molecule has 13 heavy (non-hydrogen) atoms. The molecule has 0 fully saturated rings. The zero-order chi connectivity index (χ0) is 9.10. The minimum atomic E-state index is 0.358. The third-order valence-corrected chi connectivity index (χ3v) is 2.17. The zero-order valence-electron chi connectivity index (χ0n) is 7.58. The molecule has 1 aliphatic rings. The van der Waals surface area contributed by atoms with Crippen molar-refractivity contribution in [1.29, 1.82) is 0 Å². The Hall–Kier alpha value is -1.18. The average Bonchev–Trinajstić information content (AvgIpc) is 2.62. The van der Waals surface area contributed by atoms with E-state index >= 15 is 0 Å². The summed E-state index contributed by atoms with van der Waals surface area (Å²) >= 11 is 0. The first-order chi connectivity index (χ1) is 6.42. The normalized spacial score (nSPS) is 13.3. The molecule has 2 nitrogen and oxygen atoms in total. The van der Waals surface area contributed by atoms with E-state index in [-0.39, 0.29) is 0 Å². The summed E-state index contributed by atoms with van der Waals surface area (Å²) in [7, 11) is 0. The summed E-state index contributed by atoms with van der Waals surface area (Å²) in [6, 6.07) is 6.03. The van der Waals surface area contributed by atoms with Crippen LogP contribution in [-0.2, 0) is 6.42 Å². The van der Waals surface area contributed by atoms with Crippen LogP contribution < -0.4 is 9.47 Å². The molecule has 2 heteroatoms. The van der Waals surface area contributed by atoms with Gasteiger partial charge in [-0.1, -0.05) is 25.5 Å². The van der Waals surface area contributed by atoms with E-state index in [0.717, 1.165) is 30.8 Å². The molecular weight excluding hydrogens is 164 g/mol. The van der Waals surface area contributed by atoms with Gasteiger partial charge in [-0.05, 0) is 24.5 Å². The molecule has 0 saturated heterocycles. The van der Waals surface area contributed by atoms with E-state index in [1.165, 1.54) is 5.56 Å². The molecule has 0 spiro atoms. The predicted octanol–water partition coefficient (Wildman–Crippen LogP) is 2.57. The molecule has 1 aromatic carbocycles. The van der Waals surface area contributed by atoms with Crippen LogP contribution in [0.5, 0.6) is 11.5 Å². The lowest BCUT2D eigenvalue weighted by Crippen LogP contribution is -1.94. The SMILES string of the molecule is [CH2]CCCc1cccc2c1OCO2. The molecule has 0 atom stereocenters. The van der Waals surface area contributed by atoms with Crippen LogP contribution in [0, 0.1) is 6.92 Å². The fourth-order valence-corrected chi connectivity index (χ4v) is 1.50. The number of ether oxygens (including phenoxy) is 2. The van der Waals surface area contributed by atoms with E-state index in [2.05, 4.69) is 13.0 Å². The maximum atomic E-state index is 5.38. The van der Waals surface area contributed by atoms with Gasteiger partial charge in [-0.3, -0.25) is 0 Å². The van der Waals surface area contributed by atoms with Crippen molar-refractivity contribution in [2.75, 3.05) is 6.79 Å². The monoisotopic (exact) mass is 177 g/mol. The van der Waals surface area contributed by atoms with Crippen LogP contribution in [0.3, 0.4) is 0 Å². The van der Waals surface area contributed by atoms with Gasteiger partial charge in [0.15, 0.2) is 11.5 Å². The first-order valence-corrected chi connectivity index (χ1v) is 4.58. The molecular formula is C11H13O2. The van der Waals surface area contributed by atoms with Crippen molar-refractivity contribution in [3.05, 3.63) is 30.7 Å². The van der Waals surface area contributed by atoms with E-state index in [1.807, 2.05) is 12.1 Å². The molecule has 0 bridgehead atoms. The number of benzene rings is 1. The van der Waals surface area contributed by atoms with Crippen LogP contribution in [0.25, 0.3) is 0 Å². The highest BCUT2D eigenvalue weighted by Crippen LogP contribution is 2.35. The van der Waals surface area contributed by atoms with E-state index < -0.39 is 0 Å². The van der Waals surface area contributed by atoms with Crippen LogP contribution in [0.4, 0.5) is 0 Å². The van der Waals surface area contributed by atoms with Gasteiger partial charge in [0.25, 0.3) is 0 Å². The lowest BCUT2D eigenvalue weighted by Gasteiger charge is -2.03. The van der Waals surface area contributed by atoms with Gasteiger partial charge in [0.2, 0.25) is 6.79 Å². The molecule has 0 aliphatic carbocycles. The standard InChI is InChI=1S/C11H13O2/c1-2-3-5-9-6-4-7-10-11(9)13-8-12-10/h4,6-7H,1-3,5,8H2. The van der Waals surface area contributed by atoms with Crippen molar-refractivity contribution >= 4 is 0 Å². The van der Waals surface area contributed by atoms with Crippen molar-refractivity contribution < 1.29 is 9.47 Å². The quantitative estimate of drug-likeness (QED) is 0.706. The van der Waals surface area contributed by atoms with E-state index in [0.29, 0.717) is 6.79 Å². The van der Waals surface area contributed by atoms with Gasteiger partial charge in [-0.2, -0.15) is 0 Å². The molecule has 0 amide bonds. The van der Waals surface area contributed by atoms with Gasteiger partial charge in [0, 0.05) is 0 Å². The fourth-order valence-electron chi connectivity index (χ4n) is 1.50. The van der Waals surface area contributed by atoms with Gasteiger partial charge in [0.1, 0.15) is 0 Å². The molecule has 0 saturated carbocycles. The molecule has 0 N–H and O–H groups in total. The second kappa shape index (κ2) is 3.69. The van der Waals surface area contributed by atoms with Crippen molar-refractivity contribution in [1.82, 2.24) is 0 Å². The predicted molar refractivity (Wildman–Crippen MR) is 50.9 cm³/mol. The van der Waals surface area contributed by atoms with Crippen molar-refractivity contribution in [3.63, 3.8) is 0 Å². The second-order valence-corrected chi connectivity index (χ2v) is 3.11. The molecule has 0 unspecified atom stereocenters. The first-order valence-electron chi connectivity index (χ1n) is 4.58. The Kier molecular flexibility index (Phi) is 2.39. The van der Waals surface area contributed by atoms with Crippen molar-refractivity contribution in [2.45, 2.75) is 19.3 Å². The third kappa shape index (κ3) is 1.62. The number of hydrogen-bond donors (Lipinski definition) is 0. The molecule has 1 heterocycles. The van der Waals surface area contributed by atoms with Crippen LogP contribution in [0.1, 0.15) is 18.4 Å². The van der Waals surface area contributed by atoms with Gasteiger partial charge in [-0.15, -0.1) is 0 Å². The van der Waals surface area contributed by atoms with Gasteiger partial charge >= 0.3 is 0 Å². The molecule has 69 valence electrons. The summed E-state index contributed by atoms with van der Waals surface area (Å²) in [4.78, 5) is 0. The number of aryl methyl sites for hydroxylation is 1. The van der Waals surface area contributed by atoms with Crippen LogP contribution in [0.2, 0.25) is 0 Å². The highest BCUT2D eigenvalue weighted by Gasteiger charge is 2.16. The molecule has 1 aliphatic heterocycles. The number of unbranched alkanes of at least 4 members (excludes halogenated alkanes) is 1. The highest BCUT2D eigenvalue weighted by molar-refractivity contribution is 5.48. The smallest absolute Gasteiger partial charge is 0.231 e. The lowest BCUT2D eigenvalue weighted by molar-refractivity contribution is 0.173. The fraction of sp³-hybridized carbons (Fsp3) is 0.364. The van der Waals surface area contributed by atoms with E-state index in [1.54, 1.807) is 0 Å². The Morgan fingerprint density at radius 1 is 1.31 bits per heavy atom. The molecule has 1 aromatic rings. The number of para-hydroxylation sites is 1. The molecule has 1 radical (unpaired) electrons. The van der Waals surface area contributed by atoms with Crippen LogP contribution >= 0.6 is 0 Å². The Morgan fingerprint density at radius 3 is 3.08 bits per heavy atom. The molecule has 0 aromatic heterocycles. The molecule has 2 rings (SSSR count). The second-order valence-electron chi connectivity index (χ2n) is 3.11. The van der Waals surface area contributed by atoms with E-state index in [9.17, 15) is 0 Å². The summed E-state index contributed by atoms with van der Waals surface area (Å²) in [5.41, 5.74) is 1.23. The number of hydrogen-bond acceptors (Lipinski definition) is 2. The van der Waals surface area contributed by atoms with E-state index in [4.69, 9.17) is 9.47 Å². The van der Waals surface area contributed by atoms with Crippen LogP contribution in [0.15, 0.2) is 18.2 Å². The minimum absolute atomic E-state index is 0.358. The Balaban J connectivity index is 2.20. The largest absolute Gasteiger partial charge is 0.454 e. The summed E-state index contributed by atoms with van der Waals surface area (Å²) in [5.74, 6) is 1.80. The Bertz CT molecular complexity index is 294. The summed E-state index contributed by atoms with van der Waals surface area (Å²) < 4.78 is 10.7. The average molecular weight is 177 g/mol. The van der Waals surface area contributed by atoms with Gasteiger partial charge in [-0.25, -0.2) is 0 Å². The maximum absolute atomic E-state index is 5.38. The number of fused-ring (bicyclic) bond motifs is 1. The lowest BCUT2D eigenvalue weighted by atomic mass is 10.1. The summed E-state index contributed by atoms with van der Waals surface area (Å²) in [6.07, 6.45) is 3.08. The topological polar surface area (TPSA) is 18.5 Å². The highest BCUT2D eigenvalue weighted by atomic mass is 16.7. The Morgan fingerprint density at radius 2 is 2.23 bits per heavy atom. The number of rotatable bonds is 3. The maximum Gasteiger partial charge on any atom is 0.231 e. The Labute approximate surface area is 78.5 Å². The van der Waals surface area contributed by atoms with Crippen LogP contribution in [-0.4, -0.2) is 6.79 Å². The third-order valence-electron chi connectivity index (χ3n) is 2.17.